The average molecular weight is 365 g/mol. The standard InChI is InChI=1S/C19H28N2OS2/c22-24(20-15-23-19-14-8-7-13-18(19)20)21(16-9-3-1-4-10-16)17-11-5-2-6-12-17/h7-8,13-14,16-17H,1-6,9-12,15H2. The van der Waals surface area contributed by atoms with Gasteiger partial charge < -0.3 is 4.55 Å². The maximum atomic E-state index is 13.7. The summed E-state index contributed by atoms with van der Waals surface area (Å²) in [5.74, 6) is 0.821. The van der Waals surface area contributed by atoms with Crippen LogP contribution in [0.2, 0.25) is 0 Å². The van der Waals surface area contributed by atoms with Gasteiger partial charge in [0.25, 0.3) is 0 Å². The molecular formula is C19H28N2OS2. The first-order valence-electron chi connectivity index (χ1n) is 9.54. The van der Waals surface area contributed by atoms with E-state index in [0.717, 1.165) is 11.6 Å². The molecule has 132 valence electrons. The van der Waals surface area contributed by atoms with Crippen molar-refractivity contribution < 1.29 is 4.55 Å². The molecule has 5 heteroatoms. The van der Waals surface area contributed by atoms with Crippen LogP contribution in [-0.4, -0.2) is 26.8 Å². The van der Waals surface area contributed by atoms with Gasteiger partial charge in [-0.15, -0.1) is 0 Å². The van der Waals surface area contributed by atoms with Crippen molar-refractivity contribution in [1.29, 1.82) is 0 Å². The maximum absolute atomic E-state index is 13.7. The number of anilines is 1. The lowest BCUT2D eigenvalue weighted by atomic mass is 9.91. The summed E-state index contributed by atoms with van der Waals surface area (Å²) >= 11 is 0.777. The molecule has 0 amide bonds. The lowest BCUT2D eigenvalue weighted by molar-refractivity contribution is 0.169. The van der Waals surface area contributed by atoms with Gasteiger partial charge in [-0.05, 0) is 37.8 Å². The second kappa shape index (κ2) is 7.90. The summed E-state index contributed by atoms with van der Waals surface area (Å²) in [7, 11) is 0. The van der Waals surface area contributed by atoms with Gasteiger partial charge in [0.2, 0.25) is 0 Å². The van der Waals surface area contributed by atoms with E-state index in [9.17, 15) is 4.55 Å². The van der Waals surface area contributed by atoms with Gasteiger partial charge in [0.05, 0.1) is 12.1 Å². The number of thioether (sulfide) groups is 1. The molecule has 0 bridgehead atoms. The normalized spacial score (nSPS) is 24.3. The van der Waals surface area contributed by atoms with E-state index in [1.54, 1.807) is 0 Å². The number of hydrogen-bond acceptors (Lipinski definition) is 4. The first-order valence-corrected chi connectivity index (χ1v) is 11.6. The van der Waals surface area contributed by atoms with Crippen molar-refractivity contribution in [2.24, 2.45) is 0 Å². The number of nitrogens with zero attached hydrogens (tertiary/aromatic N) is 2. The molecule has 1 atom stereocenters. The largest absolute Gasteiger partial charge is 0.573 e. The highest BCUT2D eigenvalue weighted by Crippen LogP contribution is 2.42. The SMILES string of the molecule is [O-][S+](N1CSc2ccccc21)N(C1CCCCC1)C1CCCCC1. The third-order valence-electron chi connectivity index (χ3n) is 5.71. The number of fused-ring (bicyclic) bond motifs is 1. The molecule has 1 heterocycles. The summed E-state index contributed by atoms with van der Waals surface area (Å²) in [4.78, 5) is 1.28. The molecule has 0 aromatic heterocycles. The molecule has 2 fully saturated rings. The van der Waals surface area contributed by atoms with E-state index in [1.807, 2.05) is 11.8 Å². The average Bonchev–Trinajstić information content (AvgIpc) is 3.08. The second-order valence-electron chi connectivity index (χ2n) is 7.29. The number of hydrogen-bond donors (Lipinski definition) is 0. The van der Waals surface area contributed by atoms with Crippen molar-refractivity contribution in [1.82, 2.24) is 4.31 Å². The topological polar surface area (TPSA) is 29.5 Å². The van der Waals surface area contributed by atoms with E-state index in [0.29, 0.717) is 12.1 Å². The van der Waals surface area contributed by atoms with Crippen LogP contribution in [-0.2, 0) is 11.5 Å². The van der Waals surface area contributed by atoms with Gasteiger partial charge in [-0.2, -0.15) is 4.31 Å². The fourth-order valence-electron chi connectivity index (χ4n) is 4.45. The highest BCUT2D eigenvalue weighted by atomic mass is 32.2. The van der Waals surface area contributed by atoms with Crippen LogP contribution in [0.3, 0.4) is 0 Å². The van der Waals surface area contributed by atoms with Crippen molar-refractivity contribution in [3.63, 3.8) is 0 Å². The van der Waals surface area contributed by atoms with E-state index in [2.05, 4.69) is 32.9 Å². The van der Waals surface area contributed by atoms with Crippen LogP contribution in [0.15, 0.2) is 29.2 Å². The highest BCUT2D eigenvalue weighted by Gasteiger charge is 2.42. The summed E-state index contributed by atoms with van der Waals surface area (Å²) in [5.41, 5.74) is 1.16. The number of para-hydroxylation sites is 1. The zero-order valence-corrected chi connectivity index (χ0v) is 16.0. The van der Waals surface area contributed by atoms with Crippen LogP contribution in [0.5, 0.6) is 0 Å². The summed E-state index contributed by atoms with van der Waals surface area (Å²) in [6.45, 7) is 0. The van der Waals surface area contributed by atoms with Gasteiger partial charge in [-0.1, -0.05) is 66.7 Å². The molecule has 4 rings (SSSR count). The molecule has 1 aliphatic heterocycles. The molecule has 1 aromatic carbocycles. The fourth-order valence-corrected chi connectivity index (χ4v) is 7.41. The molecule has 0 radical (unpaired) electrons. The summed E-state index contributed by atoms with van der Waals surface area (Å²) < 4.78 is 18.2. The minimum absolute atomic E-state index is 0.514. The molecule has 2 saturated carbocycles. The monoisotopic (exact) mass is 364 g/mol. The smallest absolute Gasteiger partial charge is 0.170 e. The van der Waals surface area contributed by atoms with Crippen molar-refractivity contribution in [3.8, 4) is 0 Å². The Morgan fingerprint density at radius 1 is 0.917 bits per heavy atom. The quantitative estimate of drug-likeness (QED) is 0.695. The van der Waals surface area contributed by atoms with Gasteiger partial charge in [0.15, 0.2) is 11.5 Å². The Balaban J connectivity index is 1.57. The molecule has 2 aliphatic carbocycles. The van der Waals surface area contributed by atoms with Crippen LogP contribution in [0.4, 0.5) is 5.69 Å². The van der Waals surface area contributed by atoms with E-state index < -0.39 is 11.5 Å². The minimum Gasteiger partial charge on any atom is -0.573 e. The molecule has 1 aromatic rings. The van der Waals surface area contributed by atoms with E-state index in [-0.39, 0.29) is 0 Å². The number of rotatable bonds is 4. The van der Waals surface area contributed by atoms with Crippen LogP contribution in [0, 0.1) is 0 Å². The lowest BCUT2D eigenvalue weighted by Crippen LogP contribution is -2.53. The zero-order valence-electron chi connectivity index (χ0n) is 14.4. The van der Waals surface area contributed by atoms with Gasteiger partial charge in [-0.25, -0.2) is 0 Å². The Bertz CT molecular complexity index is 526. The van der Waals surface area contributed by atoms with E-state index in [1.165, 1.54) is 69.1 Å². The third-order valence-corrected chi connectivity index (χ3v) is 8.58. The third kappa shape index (κ3) is 3.46. The van der Waals surface area contributed by atoms with Crippen molar-refractivity contribution in [2.45, 2.75) is 81.2 Å². The van der Waals surface area contributed by atoms with Gasteiger partial charge in [0, 0.05) is 4.90 Å². The Kier molecular flexibility index (Phi) is 5.62. The molecule has 24 heavy (non-hydrogen) atoms. The lowest BCUT2D eigenvalue weighted by Gasteiger charge is -2.41. The van der Waals surface area contributed by atoms with Crippen LogP contribution < -0.4 is 4.31 Å². The molecule has 0 saturated heterocycles. The predicted molar refractivity (Wildman–Crippen MR) is 103 cm³/mol. The van der Waals surface area contributed by atoms with Gasteiger partial charge >= 0.3 is 0 Å². The fraction of sp³-hybridized carbons (Fsp3) is 0.684. The Morgan fingerprint density at radius 3 is 2.12 bits per heavy atom. The van der Waals surface area contributed by atoms with Crippen LogP contribution >= 0.6 is 11.8 Å². The Hall–Kier alpha value is -0.360. The molecule has 3 nitrogen and oxygen atoms in total. The minimum atomic E-state index is -1.04. The molecular weight excluding hydrogens is 336 g/mol. The van der Waals surface area contributed by atoms with Crippen LogP contribution in [0.1, 0.15) is 64.2 Å². The first-order chi connectivity index (χ1) is 11.8. The Labute approximate surface area is 153 Å². The Morgan fingerprint density at radius 2 is 1.50 bits per heavy atom. The van der Waals surface area contributed by atoms with Crippen molar-refractivity contribution >= 4 is 29.0 Å². The zero-order chi connectivity index (χ0) is 16.4. The summed E-state index contributed by atoms with van der Waals surface area (Å²) in [6, 6.07) is 9.47. The predicted octanol–water partition coefficient (Wildman–Crippen LogP) is 5.10. The number of benzene rings is 1. The van der Waals surface area contributed by atoms with Crippen molar-refractivity contribution in [3.05, 3.63) is 24.3 Å². The molecule has 0 spiro atoms. The van der Waals surface area contributed by atoms with E-state index >= 15 is 0 Å². The summed E-state index contributed by atoms with van der Waals surface area (Å²) in [6.07, 6.45) is 12.8. The van der Waals surface area contributed by atoms with Crippen molar-refractivity contribution in [2.75, 3.05) is 10.2 Å². The highest BCUT2D eigenvalue weighted by molar-refractivity contribution is 8.01. The van der Waals surface area contributed by atoms with E-state index in [4.69, 9.17) is 0 Å². The van der Waals surface area contributed by atoms with Gasteiger partial charge in [-0.3, -0.25) is 0 Å². The van der Waals surface area contributed by atoms with Crippen LogP contribution in [0.25, 0.3) is 0 Å². The van der Waals surface area contributed by atoms with Gasteiger partial charge in [0.1, 0.15) is 11.6 Å². The molecule has 1 unspecified atom stereocenters. The maximum Gasteiger partial charge on any atom is 0.170 e. The molecule has 3 aliphatic rings. The summed E-state index contributed by atoms with van der Waals surface area (Å²) in [5, 5.41) is 0. The first kappa shape index (κ1) is 17.1. The second-order valence-corrected chi connectivity index (χ2v) is 9.60. The molecule has 0 N–H and O–H groups in total.